The molecule has 2 heterocycles. The van der Waals surface area contributed by atoms with E-state index in [4.69, 9.17) is 16.1 Å². The summed E-state index contributed by atoms with van der Waals surface area (Å²) in [6, 6.07) is 7.31. The fraction of sp³-hybridized carbons (Fsp3) is 0.526. The van der Waals surface area contributed by atoms with Crippen molar-refractivity contribution in [3.63, 3.8) is 0 Å². The number of hydrogen-bond donors (Lipinski definition) is 1. The van der Waals surface area contributed by atoms with Gasteiger partial charge in [-0.3, -0.25) is 4.79 Å². The SMILES string of the molecule is CNCC1CCN(C(=O)CCCc2nc(-c3ccc(Cl)cc3)no2)CC1.Cl. The van der Waals surface area contributed by atoms with Crippen molar-refractivity contribution in [2.45, 2.75) is 32.1 Å². The highest BCUT2D eigenvalue weighted by Crippen LogP contribution is 2.20. The second kappa shape index (κ2) is 10.6. The maximum absolute atomic E-state index is 12.3. The Balaban J connectivity index is 0.00000261. The smallest absolute Gasteiger partial charge is 0.226 e. The van der Waals surface area contributed by atoms with Gasteiger partial charge in [-0.05, 0) is 63.0 Å². The summed E-state index contributed by atoms with van der Waals surface area (Å²) in [5.41, 5.74) is 0.866. The molecule has 1 N–H and O–H groups in total. The van der Waals surface area contributed by atoms with Gasteiger partial charge in [-0.2, -0.15) is 4.98 Å². The first-order chi connectivity index (χ1) is 12.7. The van der Waals surface area contributed by atoms with Gasteiger partial charge in [-0.1, -0.05) is 16.8 Å². The Morgan fingerprint density at radius 1 is 1.30 bits per heavy atom. The lowest BCUT2D eigenvalue weighted by atomic mass is 9.96. The van der Waals surface area contributed by atoms with E-state index in [1.54, 1.807) is 12.1 Å². The first-order valence-corrected chi connectivity index (χ1v) is 9.54. The second-order valence-electron chi connectivity index (χ2n) is 6.75. The summed E-state index contributed by atoms with van der Waals surface area (Å²) >= 11 is 5.89. The van der Waals surface area contributed by atoms with Crippen LogP contribution in [0.4, 0.5) is 0 Å². The standard InChI is InChI=1S/C19H25ClN4O2.ClH/c1-21-13-14-9-11-24(12-10-14)18(25)4-2-3-17-22-19(23-26-17)15-5-7-16(20)8-6-15;/h5-8,14,21H,2-4,9-13H2,1H3;1H. The highest BCUT2D eigenvalue weighted by atomic mass is 35.5. The van der Waals surface area contributed by atoms with Gasteiger partial charge in [0.1, 0.15) is 0 Å². The Labute approximate surface area is 171 Å². The van der Waals surface area contributed by atoms with Crippen molar-refractivity contribution in [3.05, 3.63) is 35.2 Å². The van der Waals surface area contributed by atoms with E-state index in [0.717, 1.165) is 44.5 Å². The lowest BCUT2D eigenvalue weighted by Crippen LogP contribution is -2.40. The zero-order valence-corrected chi connectivity index (χ0v) is 17.1. The molecule has 1 amide bonds. The molecule has 0 aliphatic carbocycles. The molecule has 0 saturated carbocycles. The maximum atomic E-state index is 12.3. The van der Waals surface area contributed by atoms with Crippen molar-refractivity contribution in [2.24, 2.45) is 5.92 Å². The minimum atomic E-state index is 0. The molecule has 0 radical (unpaired) electrons. The first kappa shape index (κ1) is 21.7. The number of aromatic nitrogens is 2. The van der Waals surface area contributed by atoms with E-state index in [9.17, 15) is 4.79 Å². The first-order valence-electron chi connectivity index (χ1n) is 9.16. The number of carbonyl (C=O) groups is 1. The summed E-state index contributed by atoms with van der Waals surface area (Å²) < 4.78 is 5.29. The van der Waals surface area contributed by atoms with Crippen molar-refractivity contribution in [1.29, 1.82) is 0 Å². The molecule has 8 heteroatoms. The van der Waals surface area contributed by atoms with E-state index in [0.29, 0.717) is 35.5 Å². The van der Waals surface area contributed by atoms with Crippen LogP contribution in [0.3, 0.4) is 0 Å². The summed E-state index contributed by atoms with van der Waals surface area (Å²) in [5.74, 6) is 2.03. The summed E-state index contributed by atoms with van der Waals surface area (Å²) in [6.45, 7) is 2.77. The monoisotopic (exact) mass is 412 g/mol. The average Bonchev–Trinajstić information content (AvgIpc) is 3.12. The van der Waals surface area contributed by atoms with Crippen LogP contribution in [-0.2, 0) is 11.2 Å². The van der Waals surface area contributed by atoms with E-state index in [2.05, 4.69) is 15.5 Å². The molecule has 1 aromatic carbocycles. The fourth-order valence-corrected chi connectivity index (χ4v) is 3.42. The molecule has 1 aliphatic heterocycles. The predicted molar refractivity (Wildman–Crippen MR) is 108 cm³/mol. The van der Waals surface area contributed by atoms with Gasteiger partial charge in [-0.25, -0.2) is 0 Å². The number of benzene rings is 1. The second-order valence-corrected chi connectivity index (χ2v) is 7.19. The number of piperidine rings is 1. The summed E-state index contributed by atoms with van der Waals surface area (Å²) in [7, 11) is 1.98. The highest BCUT2D eigenvalue weighted by Gasteiger charge is 2.22. The number of carbonyl (C=O) groups excluding carboxylic acids is 1. The van der Waals surface area contributed by atoms with Crippen LogP contribution in [0.2, 0.25) is 5.02 Å². The molecule has 1 fully saturated rings. The van der Waals surface area contributed by atoms with Crippen molar-refractivity contribution >= 4 is 29.9 Å². The third-order valence-corrected chi connectivity index (χ3v) is 5.06. The van der Waals surface area contributed by atoms with E-state index in [1.807, 2.05) is 24.1 Å². The van der Waals surface area contributed by atoms with Crippen LogP contribution in [0.1, 0.15) is 31.6 Å². The number of nitrogens with zero attached hydrogens (tertiary/aromatic N) is 3. The summed E-state index contributed by atoms with van der Waals surface area (Å²) in [6.07, 6.45) is 4.02. The number of likely N-dealkylation sites (tertiary alicyclic amines) is 1. The molecule has 0 bridgehead atoms. The van der Waals surface area contributed by atoms with Crippen LogP contribution in [0.5, 0.6) is 0 Å². The van der Waals surface area contributed by atoms with Crippen LogP contribution >= 0.6 is 24.0 Å². The number of hydrogen-bond acceptors (Lipinski definition) is 5. The quantitative estimate of drug-likeness (QED) is 0.751. The van der Waals surface area contributed by atoms with Crippen molar-refractivity contribution in [1.82, 2.24) is 20.4 Å². The van der Waals surface area contributed by atoms with E-state index < -0.39 is 0 Å². The lowest BCUT2D eigenvalue weighted by Gasteiger charge is -2.32. The van der Waals surface area contributed by atoms with Gasteiger partial charge in [0.15, 0.2) is 0 Å². The Hall–Kier alpha value is -1.63. The number of nitrogens with one attached hydrogen (secondary N) is 1. The third-order valence-electron chi connectivity index (χ3n) is 4.81. The molecule has 1 aromatic heterocycles. The van der Waals surface area contributed by atoms with E-state index in [1.165, 1.54) is 0 Å². The van der Waals surface area contributed by atoms with Crippen LogP contribution < -0.4 is 5.32 Å². The van der Waals surface area contributed by atoms with Crippen LogP contribution in [-0.4, -0.2) is 47.6 Å². The minimum absolute atomic E-state index is 0. The highest BCUT2D eigenvalue weighted by molar-refractivity contribution is 6.30. The maximum Gasteiger partial charge on any atom is 0.226 e. The molecule has 148 valence electrons. The topological polar surface area (TPSA) is 71.3 Å². The number of halogens is 2. The molecule has 1 saturated heterocycles. The van der Waals surface area contributed by atoms with Gasteiger partial charge >= 0.3 is 0 Å². The van der Waals surface area contributed by atoms with E-state index in [-0.39, 0.29) is 18.3 Å². The molecule has 27 heavy (non-hydrogen) atoms. The van der Waals surface area contributed by atoms with Crippen molar-refractivity contribution < 1.29 is 9.32 Å². The third kappa shape index (κ3) is 6.19. The molecule has 6 nitrogen and oxygen atoms in total. The summed E-state index contributed by atoms with van der Waals surface area (Å²) in [5, 5.41) is 7.89. The molecule has 0 spiro atoms. The predicted octanol–water partition coefficient (Wildman–Crippen LogP) is 3.59. The molecule has 3 rings (SSSR count). The number of amides is 1. The molecule has 0 atom stereocenters. The molecular formula is C19H26Cl2N4O2. The fourth-order valence-electron chi connectivity index (χ4n) is 3.30. The van der Waals surface area contributed by atoms with Crippen LogP contribution in [0.25, 0.3) is 11.4 Å². The van der Waals surface area contributed by atoms with Gasteiger partial charge < -0.3 is 14.7 Å². The van der Waals surface area contributed by atoms with Crippen molar-refractivity contribution in [3.8, 4) is 11.4 Å². The number of aryl methyl sites for hydroxylation is 1. The Kier molecular flexibility index (Phi) is 8.54. The van der Waals surface area contributed by atoms with Gasteiger partial charge in [0.2, 0.25) is 17.6 Å². The van der Waals surface area contributed by atoms with Crippen LogP contribution in [0.15, 0.2) is 28.8 Å². The van der Waals surface area contributed by atoms with Crippen LogP contribution in [0, 0.1) is 5.92 Å². The largest absolute Gasteiger partial charge is 0.343 e. The zero-order chi connectivity index (χ0) is 18.4. The molecule has 0 unspecified atom stereocenters. The van der Waals surface area contributed by atoms with Crippen molar-refractivity contribution in [2.75, 3.05) is 26.7 Å². The van der Waals surface area contributed by atoms with Gasteiger partial charge in [0.25, 0.3) is 0 Å². The molecule has 1 aliphatic rings. The minimum Gasteiger partial charge on any atom is -0.343 e. The van der Waals surface area contributed by atoms with E-state index >= 15 is 0 Å². The Morgan fingerprint density at radius 2 is 2.00 bits per heavy atom. The van der Waals surface area contributed by atoms with Gasteiger partial charge in [0.05, 0.1) is 0 Å². The Bertz CT molecular complexity index is 713. The molecule has 2 aromatic rings. The van der Waals surface area contributed by atoms with Gasteiger partial charge in [0, 0.05) is 36.5 Å². The van der Waals surface area contributed by atoms with Gasteiger partial charge in [-0.15, -0.1) is 12.4 Å². The normalized spacial score (nSPS) is 14.8. The summed E-state index contributed by atoms with van der Waals surface area (Å²) in [4.78, 5) is 18.7. The average molecular weight is 413 g/mol. The molecular weight excluding hydrogens is 387 g/mol. The zero-order valence-electron chi connectivity index (χ0n) is 15.5. The Morgan fingerprint density at radius 3 is 2.67 bits per heavy atom. The lowest BCUT2D eigenvalue weighted by molar-refractivity contribution is -0.132. The number of rotatable bonds is 7.